The summed E-state index contributed by atoms with van der Waals surface area (Å²) in [6.45, 7) is 2.40. The number of halogens is 1. The van der Waals surface area contributed by atoms with E-state index in [-0.39, 0.29) is 18.3 Å². The number of thiazole rings is 1. The van der Waals surface area contributed by atoms with Gasteiger partial charge in [0.1, 0.15) is 10.7 Å². The maximum Gasteiger partial charge on any atom is 0.272 e. The number of aromatic nitrogens is 3. The molecule has 0 radical (unpaired) electrons. The van der Waals surface area contributed by atoms with Crippen LogP contribution in [0.4, 0.5) is 0 Å². The number of fused-ring (bicyclic) bond motifs is 1. The van der Waals surface area contributed by atoms with Gasteiger partial charge in [0.25, 0.3) is 5.91 Å². The van der Waals surface area contributed by atoms with Crippen molar-refractivity contribution in [3.63, 3.8) is 0 Å². The second-order valence-corrected chi connectivity index (χ2v) is 7.05. The van der Waals surface area contributed by atoms with Crippen LogP contribution in [0.25, 0.3) is 10.2 Å². The van der Waals surface area contributed by atoms with Gasteiger partial charge in [0.15, 0.2) is 0 Å². The van der Waals surface area contributed by atoms with E-state index in [0.29, 0.717) is 18.3 Å². The normalized spacial score (nSPS) is 17.2. The quantitative estimate of drug-likeness (QED) is 0.733. The molecule has 4 rings (SSSR count). The molecule has 1 fully saturated rings. The highest BCUT2D eigenvalue weighted by Gasteiger charge is 2.17. The van der Waals surface area contributed by atoms with Crippen LogP contribution in [-0.4, -0.2) is 33.8 Å². The van der Waals surface area contributed by atoms with Crippen LogP contribution in [0.3, 0.4) is 0 Å². The Kier molecular flexibility index (Phi) is 5.67. The number of benzene rings is 1. The predicted octanol–water partition coefficient (Wildman–Crippen LogP) is 2.77. The smallest absolute Gasteiger partial charge is 0.272 e. The van der Waals surface area contributed by atoms with E-state index >= 15 is 0 Å². The van der Waals surface area contributed by atoms with Crippen LogP contribution in [0.5, 0.6) is 0 Å². The monoisotopic (exact) mass is 377 g/mol. The van der Waals surface area contributed by atoms with Crippen molar-refractivity contribution >= 4 is 39.9 Å². The number of hydrogen-bond donors (Lipinski definition) is 2. The van der Waals surface area contributed by atoms with Gasteiger partial charge in [0.2, 0.25) is 0 Å². The van der Waals surface area contributed by atoms with Crippen molar-refractivity contribution in [1.29, 1.82) is 0 Å². The molecule has 0 spiro atoms. The lowest BCUT2D eigenvalue weighted by Gasteiger charge is -2.22. The molecule has 1 amide bonds. The number of nitrogens with one attached hydrogen (secondary N) is 2. The van der Waals surface area contributed by atoms with Gasteiger partial charge in [0, 0.05) is 12.7 Å². The zero-order valence-electron chi connectivity index (χ0n) is 13.6. The molecule has 0 aliphatic carbocycles. The maximum atomic E-state index is 12.3. The highest BCUT2D eigenvalue weighted by atomic mass is 35.5. The largest absolute Gasteiger partial charge is 0.344 e. The van der Waals surface area contributed by atoms with Crippen LogP contribution < -0.4 is 10.6 Å². The maximum absolute atomic E-state index is 12.3. The third kappa shape index (κ3) is 4.00. The fourth-order valence-corrected chi connectivity index (χ4v) is 3.87. The van der Waals surface area contributed by atoms with Gasteiger partial charge in [-0.25, -0.2) is 4.98 Å². The Balaban J connectivity index is 0.00000182. The summed E-state index contributed by atoms with van der Waals surface area (Å²) >= 11 is 1.60. The average Bonchev–Trinajstić information content (AvgIpc) is 3.27. The number of piperidine rings is 1. The van der Waals surface area contributed by atoms with Crippen LogP contribution in [0.2, 0.25) is 0 Å². The number of amides is 1. The first kappa shape index (κ1) is 17.8. The van der Waals surface area contributed by atoms with Gasteiger partial charge in [-0.2, -0.15) is 5.10 Å². The molecule has 2 N–H and O–H groups in total. The first-order valence-corrected chi connectivity index (χ1v) is 9.00. The Labute approximate surface area is 156 Å². The van der Waals surface area contributed by atoms with E-state index in [1.165, 1.54) is 0 Å². The fraction of sp³-hybridized carbons (Fsp3) is 0.353. The van der Waals surface area contributed by atoms with Gasteiger partial charge < -0.3 is 10.6 Å². The fourth-order valence-electron chi connectivity index (χ4n) is 2.96. The molecule has 2 aromatic heterocycles. The van der Waals surface area contributed by atoms with Gasteiger partial charge in [-0.3, -0.25) is 9.48 Å². The molecule has 0 saturated carbocycles. The topological polar surface area (TPSA) is 71.8 Å². The van der Waals surface area contributed by atoms with Crippen LogP contribution in [0.15, 0.2) is 36.5 Å². The Morgan fingerprint density at radius 3 is 3.04 bits per heavy atom. The number of hydrogen-bond acceptors (Lipinski definition) is 5. The van der Waals surface area contributed by atoms with Crippen molar-refractivity contribution in [3.8, 4) is 0 Å². The second kappa shape index (κ2) is 7.95. The van der Waals surface area contributed by atoms with Crippen LogP contribution >= 0.6 is 23.7 Å². The minimum absolute atomic E-state index is 0. The molecule has 1 aliphatic rings. The van der Waals surface area contributed by atoms with E-state index in [4.69, 9.17) is 0 Å². The third-order valence-electron chi connectivity index (χ3n) is 4.22. The number of para-hydroxylation sites is 1. The molecule has 25 heavy (non-hydrogen) atoms. The van der Waals surface area contributed by atoms with Gasteiger partial charge in [-0.05, 0) is 37.6 Å². The lowest BCUT2D eigenvalue weighted by atomic mass is 10.1. The number of nitrogens with zero attached hydrogens (tertiary/aromatic N) is 3. The molecule has 1 saturated heterocycles. The van der Waals surface area contributed by atoms with Gasteiger partial charge >= 0.3 is 0 Å². The number of rotatable bonds is 4. The SMILES string of the molecule is Cl.O=C(NCc1nc2ccccc2s1)c1ccn(C2CCCNC2)n1. The summed E-state index contributed by atoms with van der Waals surface area (Å²) < 4.78 is 3.04. The van der Waals surface area contributed by atoms with Gasteiger partial charge in [0.05, 0.1) is 22.8 Å². The molecule has 8 heteroatoms. The molecular weight excluding hydrogens is 358 g/mol. The zero-order chi connectivity index (χ0) is 16.4. The van der Waals surface area contributed by atoms with Crippen LogP contribution in [0.1, 0.15) is 34.4 Å². The summed E-state index contributed by atoms with van der Waals surface area (Å²) in [6.07, 6.45) is 4.13. The van der Waals surface area contributed by atoms with E-state index in [1.807, 2.05) is 35.1 Å². The van der Waals surface area contributed by atoms with Gasteiger partial charge in [-0.15, -0.1) is 23.7 Å². The molecule has 3 aromatic rings. The molecule has 132 valence electrons. The summed E-state index contributed by atoms with van der Waals surface area (Å²) in [5.41, 5.74) is 1.43. The average molecular weight is 378 g/mol. The van der Waals surface area contributed by atoms with Crippen molar-refractivity contribution in [2.45, 2.75) is 25.4 Å². The standard InChI is InChI=1S/C17H19N5OS.ClH/c23-17(14-7-9-22(21-14)12-4-3-8-18-10-12)19-11-16-20-13-5-1-2-6-15(13)24-16;/h1-2,5-7,9,12,18H,3-4,8,10-11H2,(H,19,23);1H. The third-order valence-corrected chi connectivity index (χ3v) is 5.26. The summed E-state index contributed by atoms with van der Waals surface area (Å²) in [5, 5.41) is 11.6. The summed E-state index contributed by atoms with van der Waals surface area (Å²) in [5.74, 6) is -0.156. The minimum atomic E-state index is -0.156. The number of carbonyl (C=O) groups excluding carboxylic acids is 1. The van der Waals surface area contributed by atoms with Crippen molar-refractivity contribution in [2.75, 3.05) is 13.1 Å². The van der Waals surface area contributed by atoms with Crippen molar-refractivity contribution in [3.05, 3.63) is 47.2 Å². The molecule has 1 aromatic carbocycles. The summed E-state index contributed by atoms with van der Waals surface area (Å²) in [7, 11) is 0. The lowest BCUT2D eigenvalue weighted by molar-refractivity contribution is 0.0944. The molecule has 0 bridgehead atoms. The number of carbonyl (C=O) groups is 1. The van der Waals surface area contributed by atoms with Crippen molar-refractivity contribution in [1.82, 2.24) is 25.4 Å². The molecular formula is C17H20ClN5OS. The van der Waals surface area contributed by atoms with E-state index < -0.39 is 0 Å². The Morgan fingerprint density at radius 1 is 1.36 bits per heavy atom. The Hall–Kier alpha value is -1.96. The molecule has 3 heterocycles. The first-order chi connectivity index (χ1) is 11.8. The molecule has 1 unspecified atom stereocenters. The lowest BCUT2D eigenvalue weighted by Crippen LogP contribution is -2.32. The molecule has 1 aliphatic heterocycles. The summed E-state index contributed by atoms with van der Waals surface area (Å²) in [4.78, 5) is 16.8. The predicted molar refractivity (Wildman–Crippen MR) is 101 cm³/mol. The first-order valence-electron chi connectivity index (χ1n) is 8.18. The van der Waals surface area contributed by atoms with Crippen LogP contribution in [0, 0.1) is 0 Å². The Morgan fingerprint density at radius 2 is 2.24 bits per heavy atom. The van der Waals surface area contributed by atoms with Crippen molar-refractivity contribution < 1.29 is 4.79 Å². The van der Waals surface area contributed by atoms with E-state index in [2.05, 4.69) is 20.7 Å². The highest BCUT2D eigenvalue weighted by Crippen LogP contribution is 2.21. The van der Waals surface area contributed by atoms with E-state index in [1.54, 1.807) is 17.4 Å². The Bertz CT molecular complexity index is 822. The van der Waals surface area contributed by atoms with Crippen LogP contribution in [-0.2, 0) is 6.54 Å². The van der Waals surface area contributed by atoms with Gasteiger partial charge in [-0.1, -0.05) is 12.1 Å². The van der Waals surface area contributed by atoms with E-state index in [0.717, 1.165) is 41.2 Å². The zero-order valence-corrected chi connectivity index (χ0v) is 15.3. The second-order valence-electron chi connectivity index (χ2n) is 5.94. The molecule has 6 nitrogen and oxygen atoms in total. The minimum Gasteiger partial charge on any atom is -0.344 e. The van der Waals surface area contributed by atoms with Crippen molar-refractivity contribution in [2.24, 2.45) is 0 Å². The highest BCUT2D eigenvalue weighted by molar-refractivity contribution is 7.18. The summed E-state index contributed by atoms with van der Waals surface area (Å²) in [6, 6.07) is 10.1. The molecule has 1 atom stereocenters. The van der Waals surface area contributed by atoms with E-state index in [9.17, 15) is 4.79 Å².